The van der Waals surface area contributed by atoms with Crippen molar-refractivity contribution in [2.24, 2.45) is 0 Å². The van der Waals surface area contributed by atoms with E-state index >= 15 is 0 Å². The smallest absolute Gasteiger partial charge is 0.323 e. The first-order valence-electron chi connectivity index (χ1n) is 5.86. The monoisotopic (exact) mass is 304 g/mol. The van der Waals surface area contributed by atoms with Crippen LogP contribution in [0.5, 0.6) is 0 Å². The molecule has 0 saturated carbocycles. The Labute approximate surface area is 116 Å². The summed E-state index contributed by atoms with van der Waals surface area (Å²) in [4.78, 5) is 13.0. The number of aryl methyl sites for hydroxylation is 2. The van der Waals surface area contributed by atoms with E-state index in [1.165, 1.54) is 11.3 Å². The molecule has 0 bridgehead atoms. The Bertz CT molecular complexity index is 594. The number of nitrogens with zero attached hydrogens (tertiary/aromatic N) is 1. The molecule has 0 aliphatic carbocycles. The summed E-state index contributed by atoms with van der Waals surface area (Å²) < 4.78 is 26.2. The zero-order chi connectivity index (χ0) is 14.2. The number of rotatable bonds is 3. The number of carbonyl (C=O) groups is 1. The van der Waals surface area contributed by atoms with Gasteiger partial charge < -0.3 is 10.4 Å². The van der Waals surface area contributed by atoms with E-state index < -0.39 is 22.0 Å². The maximum atomic E-state index is 12.6. The first kappa shape index (κ1) is 14.4. The van der Waals surface area contributed by atoms with E-state index in [2.05, 4.69) is 5.32 Å². The molecule has 1 fully saturated rings. The van der Waals surface area contributed by atoms with Gasteiger partial charge in [0.2, 0.25) is 10.0 Å². The minimum Gasteiger partial charge on any atom is -0.480 e. The van der Waals surface area contributed by atoms with Crippen molar-refractivity contribution in [2.75, 3.05) is 19.6 Å². The average Bonchev–Trinajstić information content (AvgIpc) is 2.69. The number of sulfonamides is 1. The summed E-state index contributed by atoms with van der Waals surface area (Å²) in [5, 5.41) is 12.1. The number of piperazine rings is 1. The van der Waals surface area contributed by atoms with Crippen molar-refractivity contribution in [3.05, 3.63) is 15.8 Å². The molecule has 1 aromatic rings. The molecule has 19 heavy (non-hydrogen) atoms. The molecule has 1 aliphatic rings. The summed E-state index contributed by atoms with van der Waals surface area (Å²) in [6, 6.07) is 0.564. The predicted molar refractivity (Wildman–Crippen MR) is 72.0 cm³/mol. The number of thiophene rings is 1. The molecule has 1 saturated heterocycles. The second kappa shape index (κ2) is 5.20. The lowest BCUT2D eigenvalue weighted by atomic mass is 10.2. The predicted octanol–water partition coefficient (Wildman–Crippen LogP) is 0.412. The number of aliphatic carboxylic acids is 1. The van der Waals surface area contributed by atoms with Gasteiger partial charge in [-0.2, -0.15) is 4.31 Å². The van der Waals surface area contributed by atoms with E-state index in [4.69, 9.17) is 5.11 Å². The van der Waals surface area contributed by atoms with E-state index in [0.29, 0.717) is 11.4 Å². The van der Waals surface area contributed by atoms with Gasteiger partial charge in [0.15, 0.2) is 0 Å². The third kappa shape index (κ3) is 2.66. The van der Waals surface area contributed by atoms with E-state index in [9.17, 15) is 13.2 Å². The maximum absolute atomic E-state index is 12.6. The van der Waals surface area contributed by atoms with Crippen LogP contribution in [0.3, 0.4) is 0 Å². The minimum atomic E-state index is -3.74. The van der Waals surface area contributed by atoms with Gasteiger partial charge in [-0.3, -0.25) is 4.79 Å². The third-order valence-electron chi connectivity index (χ3n) is 3.06. The molecular formula is C11H16N2O4S2. The van der Waals surface area contributed by atoms with E-state index in [1.54, 1.807) is 13.0 Å². The van der Waals surface area contributed by atoms with Gasteiger partial charge in [0, 0.05) is 29.4 Å². The van der Waals surface area contributed by atoms with Crippen LogP contribution in [0, 0.1) is 13.8 Å². The Balaban J connectivity index is 2.43. The van der Waals surface area contributed by atoms with E-state index in [1.807, 2.05) is 6.92 Å². The largest absolute Gasteiger partial charge is 0.480 e. The number of hydrogen-bond acceptors (Lipinski definition) is 5. The molecule has 0 radical (unpaired) electrons. The standard InChI is InChI=1S/C11H16N2O4S2/c1-7-5-10(8(2)18-7)19(16,17)13-4-3-12-6-9(13)11(14)15/h5,9,12H,3-4,6H2,1-2H3,(H,14,15). The van der Waals surface area contributed by atoms with Gasteiger partial charge in [-0.05, 0) is 19.9 Å². The zero-order valence-electron chi connectivity index (χ0n) is 10.7. The van der Waals surface area contributed by atoms with Crippen molar-refractivity contribution in [1.82, 2.24) is 9.62 Å². The summed E-state index contributed by atoms with van der Waals surface area (Å²) in [5.41, 5.74) is 0. The molecule has 0 spiro atoms. The fraction of sp³-hybridized carbons (Fsp3) is 0.545. The Kier molecular flexibility index (Phi) is 3.95. The van der Waals surface area contributed by atoms with Crippen LogP contribution in [0.4, 0.5) is 0 Å². The molecule has 1 atom stereocenters. The first-order valence-corrected chi connectivity index (χ1v) is 8.12. The normalized spacial score (nSPS) is 21.5. The Morgan fingerprint density at radius 1 is 1.53 bits per heavy atom. The van der Waals surface area contributed by atoms with E-state index in [0.717, 1.165) is 9.18 Å². The average molecular weight is 304 g/mol. The summed E-state index contributed by atoms with van der Waals surface area (Å²) in [5.74, 6) is -1.12. The highest BCUT2D eigenvalue weighted by Gasteiger charge is 2.38. The van der Waals surface area contributed by atoms with Crippen LogP contribution in [-0.2, 0) is 14.8 Å². The SMILES string of the molecule is Cc1cc(S(=O)(=O)N2CCNCC2C(=O)O)c(C)s1. The molecule has 1 aromatic heterocycles. The summed E-state index contributed by atoms with van der Waals surface area (Å²) >= 11 is 1.40. The lowest BCUT2D eigenvalue weighted by Crippen LogP contribution is -2.56. The molecule has 1 unspecified atom stereocenters. The van der Waals surface area contributed by atoms with Crippen molar-refractivity contribution in [2.45, 2.75) is 24.8 Å². The van der Waals surface area contributed by atoms with Crippen LogP contribution < -0.4 is 5.32 Å². The second-order valence-electron chi connectivity index (χ2n) is 4.45. The third-order valence-corrected chi connectivity index (χ3v) is 6.19. The number of nitrogens with one attached hydrogen (secondary N) is 1. The molecule has 106 valence electrons. The van der Waals surface area contributed by atoms with Gasteiger partial charge in [-0.15, -0.1) is 11.3 Å². The molecule has 6 nitrogen and oxygen atoms in total. The van der Waals surface area contributed by atoms with Gasteiger partial charge in [0.05, 0.1) is 4.90 Å². The van der Waals surface area contributed by atoms with Crippen molar-refractivity contribution in [1.29, 1.82) is 0 Å². The highest BCUT2D eigenvalue weighted by molar-refractivity contribution is 7.89. The number of carboxylic acid groups (broad SMARTS) is 1. The molecule has 2 rings (SSSR count). The van der Waals surface area contributed by atoms with Crippen LogP contribution in [0.15, 0.2) is 11.0 Å². The molecule has 0 aromatic carbocycles. The maximum Gasteiger partial charge on any atom is 0.323 e. The second-order valence-corrected chi connectivity index (χ2v) is 7.77. The number of hydrogen-bond donors (Lipinski definition) is 2. The molecular weight excluding hydrogens is 288 g/mol. The van der Waals surface area contributed by atoms with Crippen LogP contribution in [0.1, 0.15) is 9.75 Å². The molecule has 2 heterocycles. The molecule has 1 aliphatic heterocycles. The molecule has 0 amide bonds. The van der Waals surface area contributed by atoms with Gasteiger partial charge in [0.25, 0.3) is 0 Å². The number of carboxylic acids is 1. The van der Waals surface area contributed by atoms with Crippen LogP contribution in [0.2, 0.25) is 0 Å². The molecule has 2 N–H and O–H groups in total. The fourth-order valence-corrected chi connectivity index (χ4v) is 5.28. The van der Waals surface area contributed by atoms with Crippen LogP contribution >= 0.6 is 11.3 Å². The summed E-state index contributed by atoms with van der Waals surface area (Å²) in [7, 11) is -3.74. The minimum absolute atomic E-state index is 0.136. The Hall–Kier alpha value is -0.960. The topological polar surface area (TPSA) is 86.7 Å². The van der Waals surface area contributed by atoms with Gasteiger partial charge >= 0.3 is 5.97 Å². The van der Waals surface area contributed by atoms with Crippen molar-refractivity contribution < 1.29 is 18.3 Å². The van der Waals surface area contributed by atoms with Gasteiger partial charge in [-0.1, -0.05) is 0 Å². The van der Waals surface area contributed by atoms with Crippen LogP contribution in [-0.4, -0.2) is 49.5 Å². The highest BCUT2D eigenvalue weighted by atomic mass is 32.2. The van der Waals surface area contributed by atoms with Crippen molar-refractivity contribution in [3.63, 3.8) is 0 Å². The molecule has 8 heteroatoms. The Morgan fingerprint density at radius 2 is 2.21 bits per heavy atom. The van der Waals surface area contributed by atoms with Gasteiger partial charge in [-0.25, -0.2) is 8.42 Å². The quantitative estimate of drug-likeness (QED) is 0.845. The fourth-order valence-electron chi connectivity index (χ4n) is 2.17. The zero-order valence-corrected chi connectivity index (χ0v) is 12.3. The van der Waals surface area contributed by atoms with Crippen molar-refractivity contribution >= 4 is 27.3 Å². The first-order chi connectivity index (χ1) is 8.84. The van der Waals surface area contributed by atoms with Crippen molar-refractivity contribution in [3.8, 4) is 0 Å². The van der Waals surface area contributed by atoms with Crippen LogP contribution in [0.25, 0.3) is 0 Å². The Morgan fingerprint density at radius 3 is 2.74 bits per heavy atom. The summed E-state index contributed by atoms with van der Waals surface area (Å²) in [6.45, 7) is 4.35. The van der Waals surface area contributed by atoms with E-state index in [-0.39, 0.29) is 18.0 Å². The summed E-state index contributed by atoms with van der Waals surface area (Å²) in [6.07, 6.45) is 0. The van der Waals surface area contributed by atoms with Gasteiger partial charge in [0.1, 0.15) is 6.04 Å². The highest BCUT2D eigenvalue weighted by Crippen LogP contribution is 2.29. The lowest BCUT2D eigenvalue weighted by Gasteiger charge is -2.32. The lowest BCUT2D eigenvalue weighted by molar-refractivity contribution is -0.141.